The van der Waals surface area contributed by atoms with E-state index in [1.165, 1.54) is 4.88 Å². The van der Waals surface area contributed by atoms with Gasteiger partial charge in [-0.2, -0.15) is 5.10 Å². The summed E-state index contributed by atoms with van der Waals surface area (Å²) >= 11 is 3.41. The van der Waals surface area contributed by atoms with Gasteiger partial charge in [0.15, 0.2) is 0 Å². The number of nitrogens with one attached hydrogen (secondary N) is 1. The maximum Gasteiger partial charge on any atom is 0.109 e. The number of thiophene rings is 2. The molecule has 0 radical (unpaired) electrons. The van der Waals surface area contributed by atoms with Gasteiger partial charge in [0.2, 0.25) is 0 Å². The zero-order valence-corrected chi connectivity index (χ0v) is 13.9. The van der Waals surface area contributed by atoms with E-state index in [4.69, 9.17) is 10.8 Å². The summed E-state index contributed by atoms with van der Waals surface area (Å²) < 4.78 is 1.10. The second kappa shape index (κ2) is 6.70. The number of anilines is 1. The number of hydrogen-bond acceptors (Lipinski definition) is 7. The fourth-order valence-electron chi connectivity index (χ4n) is 2.28. The molecule has 3 aromatic rings. The smallest absolute Gasteiger partial charge is 0.109 e. The first-order valence-corrected chi connectivity index (χ1v) is 8.75. The second-order valence-corrected chi connectivity index (χ2v) is 7.30. The van der Waals surface area contributed by atoms with E-state index in [2.05, 4.69) is 27.0 Å². The fourth-order valence-corrected chi connectivity index (χ4v) is 4.24. The van der Waals surface area contributed by atoms with Crippen LogP contribution in [0.15, 0.2) is 23.7 Å². The van der Waals surface area contributed by atoms with Gasteiger partial charge in [0.25, 0.3) is 0 Å². The molecule has 0 aliphatic carbocycles. The van der Waals surface area contributed by atoms with E-state index >= 15 is 0 Å². The molecule has 0 amide bonds. The number of aliphatic hydroxyl groups excluding tert-OH is 1. The Labute approximate surface area is 136 Å². The zero-order valence-electron chi connectivity index (χ0n) is 12.2. The highest BCUT2D eigenvalue weighted by molar-refractivity contribution is 7.19. The van der Waals surface area contributed by atoms with Crippen LogP contribution < -0.4 is 11.1 Å². The Morgan fingerprint density at radius 2 is 2.32 bits per heavy atom. The summed E-state index contributed by atoms with van der Waals surface area (Å²) in [6, 6.07) is 3.92. The molecule has 1 atom stereocenters. The standard InChI is InChI=1S/C15H18N4OS2/c1-9-13(5-10(16)8-20)22-15-12(7-18-19-14(9)15)17-6-11-3-2-4-21-11/h2-4,7,10,20H,5-6,8,16H2,1H3,(H,17,19)/t10-/m1/s1. The largest absolute Gasteiger partial charge is 0.395 e. The first-order chi connectivity index (χ1) is 10.7. The molecule has 0 aliphatic heterocycles. The van der Waals surface area contributed by atoms with Crippen LogP contribution in [0.2, 0.25) is 0 Å². The van der Waals surface area contributed by atoms with E-state index in [9.17, 15) is 0 Å². The van der Waals surface area contributed by atoms with Crippen LogP contribution in [0.4, 0.5) is 5.69 Å². The van der Waals surface area contributed by atoms with Gasteiger partial charge in [0.05, 0.1) is 23.2 Å². The molecule has 0 fully saturated rings. The SMILES string of the molecule is Cc1c(C[C@@H](N)CO)sc2c(NCc3cccs3)cnnc12. The Morgan fingerprint density at radius 3 is 3.05 bits per heavy atom. The van der Waals surface area contributed by atoms with Crippen molar-refractivity contribution in [2.75, 3.05) is 11.9 Å². The minimum Gasteiger partial charge on any atom is -0.395 e. The summed E-state index contributed by atoms with van der Waals surface area (Å²) in [7, 11) is 0. The summed E-state index contributed by atoms with van der Waals surface area (Å²) in [5, 5.41) is 23.0. The summed E-state index contributed by atoms with van der Waals surface area (Å²) in [4.78, 5) is 2.44. The van der Waals surface area contributed by atoms with Gasteiger partial charge < -0.3 is 16.2 Å². The molecule has 3 heterocycles. The van der Waals surface area contributed by atoms with Crippen molar-refractivity contribution in [2.24, 2.45) is 5.73 Å². The molecule has 0 saturated carbocycles. The lowest BCUT2D eigenvalue weighted by atomic mass is 10.1. The van der Waals surface area contributed by atoms with Crippen molar-refractivity contribution in [1.82, 2.24) is 10.2 Å². The molecule has 0 aliphatic rings. The van der Waals surface area contributed by atoms with Crippen molar-refractivity contribution >= 4 is 38.6 Å². The van der Waals surface area contributed by atoms with Crippen molar-refractivity contribution in [3.05, 3.63) is 39.0 Å². The maximum absolute atomic E-state index is 9.15. The Hall–Kier alpha value is -1.54. The lowest BCUT2D eigenvalue weighted by molar-refractivity contribution is 0.265. The predicted molar refractivity (Wildman–Crippen MR) is 92.6 cm³/mol. The molecule has 0 spiro atoms. The topological polar surface area (TPSA) is 84.1 Å². The average Bonchev–Trinajstić information content (AvgIpc) is 3.15. The number of rotatable bonds is 6. The molecular weight excluding hydrogens is 316 g/mol. The Morgan fingerprint density at radius 1 is 1.45 bits per heavy atom. The van der Waals surface area contributed by atoms with Gasteiger partial charge >= 0.3 is 0 Å². The average molecular weight is 334 g/mol. The van der Waals surface area contributed by atoms with Gasteiger partial charge in [-0.15, -0.1) is 27.8 Å². The molecule has 7 heteroatoms. The molecule has 116 valence electrons. The van der Waals surface area contributed by atoms with E-state index in [1.807, 2.05) is 13.0 Å². The number of hydrogen-bond donors (Lipinski definition) is 3. The van der Waals surface area contributed by atoms with Crippen molar-refractivity contribution in [3.63, 3.8) is 0 Å². The Bertz CT molecular complexity index is 754. The number of aliphatic hydroxyl groups is 1. The third kappa shape index (κ3) is 3.12. The van der Waals surface area contributed by atoms with Crippen LogP contribution in [0.5, 0.6) is 0 Å². The summed E-state index contributed by atoms with van der Waals surface area (Å²) in [5.74, 6) is 0. The van der Waals surface area contributed by atoms with E-state index in [1.54, 1.807) is 28.9 Å². The third-order valence-electron chi connectivity index (χ3n) is 3.52. The molecular formula is C15H18N4OS2. The maximum atomic E-state index is 9.15. The fraction of sp³-hybridized carbons (Fsp3) is 0.333. The van der Waals surface area contributed by atoms with Crippen LogP contribution in [0.25, 0.3) is 10.2 Å². The van der Waals surface area contributed by atoms with Crippen molar-refractivity contribution in [2.45, 2.75) is 25.9 Å². The molecule has 0 unspecified atom stereocenters. The molecule has 4 N–H and O–H groups in total. The lowest BCUT2D eigenvalue weighted by Crippen LogP contribution is -2.26. The molecule has 0 saturated heterocycles. The van der Waals surface area contributed by atoms with Crippen molar-refractivity contribution < 1.29 is 5.11 Å². The number of nitrogens with two attached hydrogens (primary N) is 1. The normalized spacial score (nSPS) is 12.7. The van der Waals surface area contributed by atoms with E-state index in [0.29, 0.717) is 6.42 Å². The van der Waals surface area contributed by atoms with Gasteiger partial charge in [0.1, 0.15) is 5.52 Å². The van der Waals surface area contributed by atoms with Gasteiger partial charge in [-0.1, -0.05) is 6.07 Å². The lowest BCUT2D eigenvalue weighted by Gasteiger charge is -2.06. The molecule has 3 rings (SSSR count). The summed E-state index contributed by atoms with van der Waals surface area (Å²) in [6.07, 6.45) is 2.43. The Balaban J connectivity index is 1.89. The molecule has 0 bridgehead atoms. The quantitative estimate of drug-likeness (QED) is 0.645. The molecule has 5 nitrogen and oxygen atoms in total. The van der Waals surface area contributed by atoms with Gasteiger partial charge in [-0.3, -0.25) is 0 Å². The minimum atomic E-state index is -0.234. The van der Waals surface area contributed by atoms with Gasteiger partial charge in [-0.25, -0.2) is 0 Å². The van der Waals surface area contributed by atoms with Crippen LogP contribution >= 0.6 is 22.7 Å². The highest BCUT2D eigenvalue weighted by atomic mass is 32.1. The Kier molecular flexibility index (Phi) is 4.68. The van der Waals surface area contributed by atoms with E-state index < -0.39 is 0 Å². The van der Waals surface area contributed by atoms with Gasteiger partial charge in [-0.05, 0) is 30.4 Å². The second-order valence-electron chi connectivity index (χ2n) is 5.17. The first-order valence-electron chi connectivity index (χ1n) is 7.05. The van der Waals surface area contributed by atoms with Crippen LogP contribution in [-0.4, -0.2) is 28.0 Å². The summed E-state index contributed by atoms with van der Waals surface area (Å²) in [6.45, 7) is 2.81. The monoisotopic (exact) mass is 334 g/mol. The highest BCUT2D eigenvalue weighted by Gasteiger charge is 2.15. The zero-order chi connectivity index (χ0) is 15.5. The van der Waals surface area contributed by atoms with Crippen LogP contribution in [0, 0.1) is 6.92 Å². The summed E-state index contributed by atoms with van der Waals surface area (Å²) in [5.41, 5.74) is 8.88. The number of nitrogens with zero attached hydrogens (tertiary/aromatic N) is 2. The van der Waals surface area contributed by atoms with Crippen molar-refractivity contribution in [1.29, 1.82) is 0 Å². The van der Waals surface area contributed by atoms with Crippen molar-refractivity contribution in [3.8, 4) is 0 Å². The highest BCUT2D eigenvalue weighted by Crippen LogP contribution is 2.34. The first kappa shape index (κ1) is 15.4. The molecule has 0 aromatic carbocycles. The van der Waals surface area contributed by atoms with E-state index in [-0.39, 0.29) is 12.6 Å². The molecule has 3 aromatic heterocycles. The van der Waals surface area contributed by atoms with E-state index in [0.717, 1.165) is 32.9 Å². The van der Waals surface area contributed by atoms with Crippen LogP contribution in [-0.2, 0) is 13.0 Å². The predicted octanol–water partition coefficient (Wildman–Crippen LogP) is 2.54. The van der Waals surface area contributed by atoms with Crippen LogP contribution in [0.3, 0.4) is 0 Å². The number of fused-ring (bicyclic) bond motifs is 1. The van der Waals surface area contributed by atoms with Gasteiger partial charge in [0, 0.05) is 22.3 Å². The molecule has 22 heavy (non-hydrogen) atoms. The third-order valence-corrected chi connectivity index (χ3v) is 5.73. The number of aryl methyl sites for hydroxylation is 1. The van der Waals surface area contributed by atoms with Crippen LogP contribution in [0.1, 0.15) is 15.3 Å². The minimum absolute atomic E-state index is 0.0111. The number of aromatic nitrogens is 2.